The molecule has 3 rings (SSSR count). The maximum atomic E-state index is 12.0. The van der Waals surface area contributed by atoms with Gasteiger partial charge in [-0.15, -0.1) is 12.4 Å². The second-order valence-electron chi connectivity index (χ2n) is 4.68. The Balaban J connectivity index is 0.00000108. The average molecular weight is 258 g/mol. The van der Waals surface area contributed by atoms with Gasteiger partial charge in [0.1, 0.15) is 11.3 Å². The zero-order chi connectivity index (χ0) is 11.3. The maximum Gasteiger partial charge on any atom is 0.257 e. The Bertz CT molecular complexity index is 416. The van der Waals surface area contributed by atoms with E-state index in [4.69, 9.17) is 4.52 Å². The van der Waals surface area contributed by atoms with Crippen LogP contribution in [0, 0.1) is 25.7 Å². The molecule has 2 fully saturated rings. The van der Waals surface area contributed by atoms with Crippen molar-refractivity contribution in [2.24, 2.45) is 11.8 Å². The number of carbonyl (C=O) groups excluding carboxylic acids is 1. The average Bonchev–Trinajstić information content (AvgIpc) is 2.67. The van der Waals surface area contributed by atoms with Crippen LogP contribution in [0.3, 0.4) is 0 Å². The van der Waals surface area contributed by atoms with E-state index in [-0.39, 0.29) is 18.3 Å². The van der Waals surface area contributed by atoms with Crippen LogP contribution in [-0.2, 0) is 0 Å². The Labute approximate surface area is 106 Å². The highest BCUT2D eigenvalue weighted by atomic mass is 35.5. The Morgan fingerprint density at radius 3 is 2.59 bits per heavy atom. The molecule has 2 unspecified atom stereocenters. The summed E-state index contributed by atoms with van der Waals surface area (Å²) in [6, 6.07) is 0.349. The van der Waals surface area contributed by atoms with Crippen LogP contribution in [0.15, 0.2) is 4.52 Å². The monoisotopic (exact) mass is 257 g/mol. The molecule has 1 aliphatic carbocycles. The Morgan fingerprint density at radius 1 is 1.41 bits per heavy atom. The maximum absolute atomic E-state index is 12.0. The smallest absolute Gasteiger partial charge is 0.257 e. The van der Waals surface area contributed by atoms with Crippen molar-refractivity contribution in [3.05, 3.63) is 17.0 Å². The van der Waals surface area contributed by atoms with Gasteiger partial charge in [0.05, 0.1) is 5.69 Å². The molecule has 2 atom stereocenters. The number of fused-ring (bicyclic) bond motifs is 1. The molecule has 0 radical (unpaired) electrons. The highest BCUT2D eigenvalue weighted by molar-refractivity contribution is 5.96. The van der Waals surface area contributed by atoms with Crippen LogP contribution in [0.4, 0.5) is 0 Å². The van der Waals surface area contributed by atoms with Crippen LogP contribution in [0.5, 0.6) is 0 Å². The number of nitrogens with zero attached hydrogens (tertiary/aromatic N) is 1. The lowest BCUT2D eigenvalue weighted by molar-refractivity contribution is 0.0944. The molecule has 6 heteroatoms. The van der Waals surface area contributed by atoms with Crippen molar-refractivity contribution in [2.45, 2.75) is 19.9 Å². The molecule has 1 saturated heterocycles. The van der Waals surface area contributed by atoms with Crippen LogP contribution in [-0.4, -0.2) is 30.2 Å². The van der Waals surface area contributed by atoms with Gasteiger partial charge in [-0.05, 0) is 25.7 Å². The minimum Gasteiger partial charge on any atom is -0.361 e. The fourth-order valence-electron chi connectivity index (χ4n) is 2.66. The van der Waals surface area contributed by atoms with Gasteiger partial charge in [-0.1, -0.05) is 5.16 Å². The fourth-order valence-corrected chi connectivity index (χ4v) is 2.66. The number of rotatable bonds is 2. The van der Waals surface area contributed by atoms with Gasteiger partial charge in [0, 0.05) is 19.1 Å². The molecular weight excluding hydrogens is 242 g/mol. The van der Waals surface area contributed by atoms with E-state index >= 15 is 0 Å². The molecule has 1 saturated carbocycles. The van der Waals surface area contributed by atoms with Gasteiger partial charge in [0.25, 0.3) is 5.91 Å². The molecule has 1 aromatic heterocycles. The van der Waals surface area contributed by atoms with E-state index < -0.39 is 0 Å². The molecule has 5 nitrogen and oxygen atoms in total. The molecule has 17 heavy (non-hydrogen) atoms. The number of aryl methyl sites for hydroxylation is 2. The van der Waals surface area contributed by atoms with Crippen LogP contribution in [0.2, 0.25) is 0 Å². The van der Waals surface area contributed by atoms with E-state index in [1.54, 1.807) is 13.8 Å². The summed E-state index contributed by atoms with van der Waals surface area (Å²) < 4.78 is 4.99. The first-order chi connectivity index (χ1) is 7.68. The number of piperidine rings is 1. The Morgan fingerprint density at radius 2 is 2.06 bits per heavy atom. The lowest BCUT2D eigenvalue weighted by Crippen LogP contribution is -2.33. The highest BCUT2D eigenvalue weighted by Crippen LogP contribution is 2.41. The first-order valence-corrected chi connectivity index (χ1v) is 5.63. The molecule has 0 bridgehead atoms. The third kappa shape index (κ3) is 1.93. The van der Waals surface area contributed by atoms with E-state index in [2.05, 4.69) is 15.8 Å². The molecular formula is C11H16ClN3O2. The quantitative estimate of drug-likeness (QED) is 0.817. The molecule has 0 aromatic carbocycles. The fraction of sp³-hybridized carbons (Fsp3) is 0.636. The van der Waals surface area contributed by atoms with Crippen molar-refractivity contribution in [2.75, 3.05) is 13.1 Å². The SMILES string of the molecule is Cc1noc(C)c1C(=O)NC1C2CNCC21.Cl. The molecule has 2 N–H and O–H groups in total. The van der Waals surface area contributed by atoms with Crippen molar-refractivity contribution >= 4 is 18.3 Å². The third-order valence-electron chi connectivity index (χ3n) is 3.65. The van der Waals surface area contributed by atoms with E-state index in [1.165, 1.54) is 0 Å². The van der Waals surface area contributed by atoms with Crippen LogP contribution >= 0.6 is 12.4 Å². The topological polar surface area (TPSA) is 67.2 Å². The summed E-state index contributed by atoms with van der Waals surface area (Å²) in [6.45, 7) is 5.61. The third-order valence-corrected chi connectivity index (χ3v) is 3.65. The predicted octanol–water partition coefficient (Wildman–Crippen LogP) is 0.661. The van der Waals surface area contributed by atoms with Gasteiger partial charge >= 0.3 is 0 Å². The molecule has 1 amide bonds. The number of nitrogens with one attached hydrogen (secondary N) is 2. The number of amides is 1. The zero-order valence-corrected chi connectivity index (χ0v) is 10.6. The lowest BCUT2D eigenvalue weighted by Gasteiger charge is -2.06. The first kappa shape index (κ1) is 12.4. The molecule has 1 aliphatic heterocycles. The van der Waals surface area contributed by atoms with Crippen molar-refractivity contribution < 1.29 is 9.32 Å². The van der Waals surface area contributed by atoms with Crippen LogP contribution in [0.25, 0.3) is 0 Å². The van der Waals surface area contributed by atoms with Crippen LogP contribution in [0.1, 0.15) is 21.8 Å². The van der Waals surface area contributed by atoms with E-state index in [0.717, 1.165) is 13.1 Å². The van der Waals surface area contributed by atoms with Gasteiger partial charge in [0.2, 0.25) is 0 Å². The molecule has 94 valence electrons. The molecule has 0 spiro atoms. The van der Waals surface area contributed by atoms with Crippen LogP contribution < -0.4 is 10.6 Å². The lowest BCUT2D eigenvalue weighted by atomic mass is 10.2. The number of carbonyl (C=O) groups is 1. The van der Waals surface area contributed by atoms with Gasteiger partial charge in [-0.25, -0.2) is 0 Å². The summed E-state index contributed by atoms with van der Waals surface area (Å²) in [5.74, 6) is 1.81. The normalized spacial score (nSPS) is 29.4. The number of hydrogen-bond donors (Lipinski definition) is 2. The predicted molar refractivity (Wildman–Crippen MR) is 64.3 cm³/mol. The Kier molecular flexibility index (Phi) is 3.14. The van der Waals surface area contributed by atoms with Gasteiger partial charge in [-0.2, -0.15) is 0 Å². The van der Waals surface area contributed by atoms with E-state index in [1.807, 2.05) is 0 Å². The van der Waals surface area contributed by atoms with Crippen molar-refractivity contribution in [3.8, 4) is 0 Å². The van der Waals surface area contributed by atoms with E-state index in [0.29, 0.717) is 34.9 Å². The van der Waals surface area contributed by atoms with E-state index in [9.17, 15) is 4.79 Å². The minimum absolute atomic E-state index is 0. The molecule has 2 aliphatic rings. The van der Waals surface area contributed by atoms with Gasteiger partial charge < -0.3 is 15.2 Å². The standard InChI is InChI=1S/C11H15N3O2.ClH/c1-5-9(6(2)16-14-5)11(15)13-10-7-3-12-4-8(7)10;/h7-8,10,12H,3-4H2,1-2H3,(H,13,15);1H. The summed E-state index contributed by atoms with van der Waals surface area (Å²) in [7, 11) is 0. The summed E-state index contributed by atoms with van der Waals surface area (Å²) in [5.41, 5.74) is 1.26. The van der Waals surface area contributed by atoms with Gasteiger partial charge in [-0.3, -0.25) is 4.79 Å². The van der Waals surface area contributed by atoms with Crippen molar-refractivity contribution in [1.29, 1.82) is 0 Å². The van der Waals surface area contributed by atoms with Crippen molar-refractivity contribution in [1.82, 2.24) is 15.8 Å². The minimum atomic E-state index is -0.0457. The molecule has 2 heterocycles. The summed E-state index contributed by atoms with van der Waals surface area (Å²) in [5, 5.41) is 10.2. The number of halogens is 1. The molecule has 1 aromatic rings. The largest absolute Gasteiger partial charge is 0.361 e. The number of aromatic nitrogens is 1. The Hall–Kier alpha value is -1.07. The zero-order valence-electron chi connectivity index (χ0n) is 9.82. The number of hydrogen-bond acceptors (Lipinski definition) is 4. The first-order valence-electron chi connectivity index (χ1n) is 5.63. The van der Waals surface area contributed by atoms with Gasteiger partial charge in [0.15, 0.2) is 0 Å². The summed E-state index contributed by atoms with van der Waals surface area (Å²) in [4.78, 5) is 12.0. The van der Waals surface area contributed by atoms with Crippen molar-refractivity contribution in [3.63, 3.8) is 0 Å². The summed E-state index contributed by atoms with van der Waals surface area (Å²) in [6.07, 6.45) is 0. The highest BCUT2D eigenvalue weighted by Gasteiger charge is 2.53. The second kappa shape index (κ2) is 4.31. The summed E-state index contributed by atoms with van der Waals surface area (Å²) >= 11 is 0. The second-order valence-corrected chi connectivity index (χ2v) is 4.68.